The first kappa shape index (κ1) is 22.7. The number of carbonyl (C=O) groups excluding carboxylic acids is 1. The zero-order valence-electron chi connectivity index (χ0n) is 19.4. The molecular formula is C26H33FN6O. The van der Waals surface area contributed by atoms with Gasteiger partial charge in [0.05, 0.1) is 12.7 Å². The number of nitrogens with one attached hydrogen (secondary N) is 2. The number of anilines is 2. The van der Waals surface area contributed by atoms with E-state index >= 15 is 0 Å². The standard InChI is InChI=1S/C26H33FN6O/c27-19-5-4-6-22(17-19)31-25(30-21-11-9-20(28)10-12-21)32-15-13-26(14-16-32)24(34)29-18-33(26)23-7-2-1-3-8-23/h1-8,17,20-21H,9-16,18,28H2,(H,29,34)(H,30,31). The van der Waals surface area contributed by atoms with Crippen LogP contribution < -0.4 is 21.3 Å². The number of hydrogen-bond acceptors (Lipinski definition) is 4. The molecule has 3 aliphatic rings. The molecule has 8 heteroatoms. The molecular weight excluding hydrogens is 431 g/mol. The molecule has 0 aromatic heterocycles. The Bertz CT molecular complexity index is 1030. The van der Waals surface area contributed by atoms with E-state index in [0.29, 0.717) is 38.3 Å². The Morgan fingerprint density at radius 1 is 1.06 bits per heavy atom. The molecule has 2 aromatic rings. The van der Waals surface area contributed by atoms with Crippen LogP contribution >= 0.6 is 0 Å². The molecule has 2 saturated heterocycles. The van der Waals surface area contributed by atoms with Crippen molar-refractivity contribution in [2.45, 2.75) is 56.1 Å². The van der Waals surface area contributed by atoms with Crippen LogP contribution in [0.3, 0.4) is 0 Å². The number of nitrogens with two attached hydrogens (primary N) is 1. The maximum absolute atomic E-state index is 13.9. The molecule has 0 bridgehead atoms. The molecule has 1 saturated carbocycles. The lowest BCUT2D eigenvalue weighted by molar-refractivity contribution is -0.124. The van der Waals surface area contributed by atoms with Crippen LogP contribution in [0.15, 0.2) is 59.6 Å². The molecule has 7 nitrogen and oxygen atoms in total. The molecule has 180 valence electrons. The van der Waals surface area contributed by atoms with Gasteiger partial charge in [0.25, 0.3) is 0 Å². The predicted octanol–water partition coefficient (Wildman–Crippen LogP) is 3.29. The van der Waals surface area contributed by atoms with Crippen molar-refractivity contribution in [1.29, 1.82) is 0 Å². The summed E-state index contributed by atoms with van der Waals surface area (Å²) in [4.78, 5) is 22.5. The number of aliphatic imine (C=N–C) groups is 1. The number of likely N-dealkylation sites (tertiary alicyclic amines) is 1. The molecule has 4 N–H and O–H groups in total. The molecule has 3 fully saturated rings. The van der Waals surface area contributed by atoms with Gasteiger partial charge in [0.2, 0.25) is 5.91 Å². The quantitative estimate of drug-likeness (QED) is 0.479. The molecule has 1 amide bonds. The molecule has 2 aliphatic heterocycles. The molecule has 2 heterocycles. The summed E-state index contributed by atoms with van der Waals surface area (Å²) in [7, 11) is 0. The van der Waals surface area contributed by atoms with Gasteiger partial charge in [-0.1, -0.05) is 24.3 Å². The second kappa shape index (κ2) is 9.62. The molecule has 0 atom stereocenters. The number of nitrogens with zero attached hydrogens (tertiary/aromatic N) is 3. The van der Waals surface area contributed by atoms with Gasteiger partial charge in [-0.3, -0.25) is 4.79 Å². The Balaban J connectivity index is 1.36. The molecule has 0 unspecified atom stereocenters. The van der Waals surface area contributed by atoms with Crippen molar-refractivity contribution in [3.8, 4) is 0 Å². The number of carbonyl (C=O) groups is 1. The van der Waals surface area contributed by atoms with Crippen LogP contribution in [0.5, 0.6) is 0 Å². The van der Waals surface area contributed by atoms with Gasteiger partial charge in [-0.15, -0.1) is 0 Å². The summed E-state index contributed by atoms with van der Waals surface area (Å²) >= 11 is 0. The van der Waals surface area contributed by atoms with Crippen molar-refractivity contribution in [2.24, 2.45) is 10.7 Å². The number of hydrogen-bond donors (Lipinski definition) is 3. The average molecular weight is 465 g/mol. The fourth-order valence-corrected chi connectivity index (χ4v) is 5.41. The summed E-state index contributed by atoms with van der Waals surface area (Å²) in [5.41, 5.74) is 7.27. The third-order valence-electron chi connectivity index (χ3n) is 7.42. The highest BCUT2D eigenvalue weighted by atomic mass is 19.1. The van der Waals surface area contributed by atoms with Crippen molar-refractivity contribution in [3.05, 3.63) is 60.4 Å². The number of piperidine rings is 1. The number of rotatable bonds is 3. The minimum Gasteiger partial charge on any atom is -0.342 e. The Hall–Kier alpha value is -3.13. The van der Waals surface area contributed by atoms with Crippen molar-refractivity contribution in [3.63, 3.8) is 0 Å². The molecule has 2 aromatic carbocycles. The van der Waals surface area contributed by atoms with Crippen LogP contribution in [-0.2, 0) is 4.79 Å². The van der Waals surface area contributed by atoms with Crippen LogP contribution in [0.1, 0.15) is 38.5 Å². The first-order valence-electron chi connectivity index (χ1n) is 12.3. The second-order valence-corrected chi connectivity index (χ2v) is 9.60. The monoisotopic (exact) mass is 464 g/mol. The van der Waals surface area contributed by atoms with E-state index in [4.69, 9.17) is 10.7 Å². The third kappa shape index (κ3) is 4.59. The molecule has 1 spiro atoms. The molecule has 0 radical (unpaired) electrons. The van der Waals surface area contributed by atoms with E-state index < -0.39 is 5.54 Å². The summed E-state index contributed by atoms with van der Waals surface area (Å²) in [5.74, 6) is 0.561. The van der Waals surface area contributed by atoms with Crippen LogP contribution in [-0.4, -0.2) is 54.1 Å². The van der Waals surface area contributed by atoms with Crippen molar-refractivity contribution < 1.29 is 9.18 Å². The van der Waals surface area contributed by atoms with E-state index in [9.17, 15) is 9.18 Å². The van der Waals surface area contributed by atoms with Crippen LogP contribution in [0.2, 0.25) is 0 Å². The summed E-state index contributed by atoms with van der Waals surface area (Å²) in [6.07, 6.45) is 5.22. The zero-order valence-corrected chi connectivity index (χ0v) is 19.4. The van der Waals surface area contributed by atoms with Gasteiger partial charge in [-0.2, -0.15) is 0 Å². The van der Waals surface area contributed by atoms with E-state index in [2.05, 4.69) is 32.6 Å². The number of halogens is 1. The normalized spacial score (nSPS) is 24.9. The van der Waals surface area contributed by atoms with Gasteiger partial charge in [0.15, 0.2) is 5.96 Å². The first-order chi connectivity index (χ1) is 16.5. The highest BCUT2D eigenvalue weighted by Gasteiger charge is 2.50. The SMILES string of the molecule is NC1CCC(N=C(Nc2cccc(F)c2)N2CCC3(CC2)C(=O)NCN3c2ccccc2)CC1. The molecule has 5 rings (SSSR count). The number of amides is 1. The fourth-order valence-electron chi connectivity index (χ4n) is 5.41. The number of guanidine groups is 1. The third-order valence-corrected chi connectivity index (χ3v) is 7.42. The summed E-state index contributed by atoms with van der Waals surface area (Å²) < 4.78 is 13.9. The van der Waals surface area contributed by atoms with Crippen molar-refractivity contribution in [1.82, 2.24) is 10.2 Å². The number of para-hydroxylation sites is 1. The molecule has 34 heavy (non-hydrogen) atoms. The lowest BCUT2D eigenvalue weighted by Gasteiger charge is -2.44. The van der Waals surface area contributed by atoms with Crippen molar-refractivity contribution >= 4 is 23.2 Å². The Morgan fingerprint density at radius 3 is 2.50 bits per heavy atom. The van der Waals surface area contributed by atoms with E-state index in [-0.39, 0.29) is 23.8 Å². The predicted molar refractivity (Wildman–Crippen MR) is 133 cm³/mol. The minimum atomic E-state index is -0.556. The van der Waals surface area contributed by atoms with Gasteiger partial charge < -0.3 is 26.2 Å². The summed E-state index contributed by atoms with van der Waals surface area (Å²) in [6.45, 7) is 1.89. The largest absolute Gasteiger partial charge is 0.342 e. The van der Waals surface area contributed by atoms with E-state index in [0.717, 1.165) is 37.3 Å². The zero-order chi connectivity index (χ0) is 23.5. The topological polar surface area (TPSA) is 86.0 Å². The second-order valence-electron chi connectivity index (χ2n) is 9.60. The maximum atomic E-state index is 13.9. The first-order valence-corrected chi connectivity index (χ1v) is 12.3. The van der Waals surface area contributed by atoms with Crippen molar-refractivity contribution in [2.75, 3.05) is 30.0 Å². The molecule has 1 aliphatic carbocycles. The smallest absolute Gasteiger partial charge is 0.247 e. The van der Waals surface area contributed by atoms with E-state index in [1.807, 2.05) is 24.3 Å². The maximum Gasteiger partial charge on any atom is 0.247 e. The van der Waals surface area contributed by atoms with Crippen LogP contribution in [0.25, 0.3) is 0 Å². The van der Waals surface area contributed by atoms with E-state index in [1.54, 1.807) is 6.07 Å². The van der Waals surface area contributed by atoms with Gasteiger partial charge in [0, 0.05) is 30.5 Å². The lowest BCUT2D eigenvalue weighted by Crippen LogP contribution is -2.58. The summed E-state index contributed by atoms with van der Waals surface area (Å²) in [5, 5.41) is 6.43. The van der Waals surface area contributed by atoms with Gasteiger partial charge in [-0.25, -0.2) is 9.38 Å². The highest BCUT2D eigenvalue weighted by Crippen LogP contribution is 2.36. The average Bonchev–Trinajstić information content (AvgIpc) is 3.16. The fraction of sp³-hybridized carbons (Fsp3) is 0.462. The minimum absolute atomic E-state index is 0.0915. The van der Waals surface area contributed by atoms with Gasteiger partial charge in [0.1, 0.15) is 11.4 Å². The van der Waals surface area contributed by atoms with Crippen LogP contribution in [0, 0.1) is 5.82 Å². The van der Waals surface area contributed by atoms with Gasteiger partial charge >= 0.3 is 0 Å². The lowest BCUT2D eigenvalue weighted by atomic mass is 9.85. The summed E-state index contributed by atoms with van der Waals surface area (Å²) in [6, 6.07) is 17.0. The van der Waals surface area contributed by atoms with E-state index in [1.165, 1.54) is 12.1 Å². The Labute approximate surface area is 200 Å². The highest BCUT2D eigenvalue weighted by molar-refractivity contribution is 5.96. The Morgan fingerprint density at radius 2 is 1.79 bits per heavy atom. The van der Waals surface area contributed by atoms with Crippen LogP contribution in [0.4, 0.5) is 15.8 Å². The number of benzene rings is 2. The Kier molecular flexibility index (Phi) is 6.41. The van der Waals surface area contributed by atoms with Gasteiger partial charge in [-0.05, 0) is 68.9 Å².